The molecule has 148 valence electrons. The largest absolute Gasteiger partial charge is 0.446 e. The Balaban J connectivity index is 1.46. The Kier molecular flexibility index (Phi) is 5.17. The predicted octanol–water partition coefficient (Wildman–Crippen LogP) is 3.50. The molecule has 7 nitrogen and oxygen atoms in total. The van der Waals surface area contributed by atoms with Gasteiger partial charge in [0.25, 0.3) is 5.91 Å². The normalized spacial score (nSPS) is 16.3. The number of anilines is 1. The molecule has 1 atom stereocenters. The number of nitrogens with one attached hydrogen (secondary N) is 1. The van der Waals surface area contributed by atoms with Crippen molar-refractivity contribution in [2.75, 3.05) is 11.4 Å². The Morgan fingerprint density at radius 2 is 2.00 bits per heavy atom. The minimum absolute atomic E-state index is 0.0672. The summed E-state index contributed by atoms with van der Waals surface area (Å²) in [4.78, 5) is 31.2. The number of benzene rings is 1. The fraction of sp³-hybridized carbons (Fsp3) is 0.364. The molecular formula is C22H22N4O3. The van der Waals surface area contributed by atoms with Crippen LogP contribution < -0.4 is 10.2 Å². The molecule has 1 unspecified atom stereocenters. The highest BCUT2D eigenvalue weighted by molar-refractivity contribution is 5.94. The van der Waals surface area contributed by atoms with E-state index >= 15 is 0 Å². The van der Waals surface area contributed by atoms with Crippen LogP contribution in [0.1, 0.15) is 59.5 Å². The number of hydrogen-bond donors (Lipinski definition) is 1. The quantitative estimate of drug-likeness (QED) is 0.862. The van der Waals surface area contributed by atoms with Crippen molar-refractivity contribution in [1.29, 1.82) is 5.26 Å². The first kappa shape index (κ1) is 18.9. The van der Waals surface area contributed by atoms with Gasteiger partial charge in [0.1, 0.15) is 6.10 Å². The minimum atomic E-state index is -0.301. The smallest absolute Gasteiger partial charge is 0.414 e. The lowest BCUT2D eigenvalue weighted by Crippen LogP contribution is -2.37. The number of pyridine rings is 1. The van der Waals surface area contributed by atoms with E-state index in [1.165, 1.54) is 0 Å². The number of amides is 2. The Hall–Kier alpha value is -3.40. The van der Waals surface area contributed by atoms with Crippen molar-refractivity contribution >= 4 is 17.7 Å². The second kappa shape index (κ2) is 7.92. The lowest BCUT2D eigenvalue weighted by atomic mass is 10.1. The number of carbonyl (C=O) groups excluding carboxylic acids is 2. The number of aromatic nitrogens is 1. The average Bonchev–Trinajstić information content (AvgIpc) is 3.56. The molecule has 0 spiro atoms. The summed E-state index contributed by atoms with van der Waals surface area (Å²) in [6, 6.07) is 12.0. The zero-order valence-corrected chi connectivity index (χ0v) is 16.2. The third kappa shape index (κ3) is 4.21. The number of hydrogen-bond acceptors (Lipinski definition) is 5. The van der Waals surface area contributed by atoms with Crippen molar-refractivity contribution in [3.8, 4) is 6.07 Å². The van der Waals surface area contributed by atoms with Gasteiger partial charge in [-0.1, -0.05) is 0 Å². The molecule has 29 heavy (non-hydrogen) atoms. The molecule has 0 radical (unpaired) electrons. The van der Waals surface area contributed by atoms with Crippen LogP contribution in [0, 0.1) is 11.3 Å². The van der Waals surface area contributed by atoms with E-state index in [2.05, 4.69) is 5.32 Å². The van der Waals surface area contributed by atoms with Gasteiger partial charge in [0.05, 0.1) is 34.7 Å². The van der Waals surface area contributed by atoms with Crippen molar-refractivity contribution in [3.63, 3.8) is 0 Å². The minimum Gasteiger partial charge on any atom is -0.446 e. The highest BCUT2D eigenvalue weighted by Gasteiger charge is 2.31. The number of rotatable bonds is 4. The zero-order valence-electron chi connectivity index (χ0n) is 16.2. The molecule has 2 aromatic rings. The summed E-state index contributed by atoms with van der Waals surface area (Å²) in [5.41, 5.74) is 3.37. The third-order valence-corrected chi connectivity index (χ3v) is 5.14. The highest BCUT2D eigenvalue weighted by atomic mass is 16.6. The van der Waals surface area contributed by atoms with Gasteiger partial charge in [-0.25, -0.2) is 4.79 Å². The van der Waals surface area contributed by atoms with E-state index in [1.54, 1.807) is 29.2 Å². The van der Waals surface area contributed by atoms with Gasteiger partial charge >= 0.3 is 6.09 Å². The number of nitrogens with zero attached hydrogens (tertiary/aromatic N) is 3. The number of ether oxygens (including phenoxy) is 1. The van der Waals surface area contributed by atoms with Crippen LogP contribution >= 0.6 is 0 Å². The maximum Gasteiger partial charge on any atom is 0.414 e. The van der Waals surface area contributed by atoms with Crippen LogP contribution in [0.25, 0.3) is 0 Å². The Labute approximate surface area is 169 Å². The van der Waals surface area contributed by atoms with Crippen LogP contribution in [0.3, 0.4) is 0 Å². The predicted molar refractivity (Wildman–Crippen MR) is 106 cm³/mol. The highest BCUT2D eigenvalue weighted by Crippen LogP contribution is 2.30. The van der Waals surface area contributed by atoms with E-state index < -0.39 is 0 Å². The number of fused-ring (bicyclic) bond motifs is 1. The molecule has 2 amide bonds. The van der Waals surface area contributed by atoms with Crippen LogP contribution in [0.4, 0.5) is 10.5 Å². The zero-order chi connectivity index (χ0) is 20.4. The number of carbonyl (C=O) groups is 2. The monoisotopic (exact) mass is 390 g/mol. The first-order valence-electron chi connectivity index (χ1n) is 9.84. The van der Waals surface area contributed by atoms with Crippen molar-refractivity contribution in [2.45, 2.75) is 44.8 Å². The van der Waals surface area contributed by atoms with Crippen molar-refractivity contribution < 1.29 is 14.3 Å². The van der Waals surface area contributed by atoms with Gasteiger partial charge in [-0.15, -0.1) is 0 Å². The number of nitriles is 1. The molecule has 1 aliphatic heterocycles. The fourth-order valence-corrected chi connectivity index (χ4v) is 3.34. The topological polar surface area (TPSA) is 95.3 Å². The molecule has 0 bridgehead atoms. The van der Waals surface area contributed by atoms with E-state index in [9.17, 15) is 9.59 Å². The molecule has 2 aliphatic rings. The molecule has 0 saturated heterocycles. The standard InChI is InChI=1S/C22H22N4O3/c1-14(24-21(27)16-6-4-15(13-23)5-7-16)18-10-11-20-19(25-18)3-2-12-26(20)22(28)29-17-8-9-17/h4-7,10-11,14,17H,2-3,8-9,12H2,1H3,(H,24,27). The molecule has 7 heteroatoms. The maximum absolute atomic E-state index is 12.5. The van der Waals surface area contributed by atoms with Crippen LogP contribution in [0.5, 0.6) is 0 Å². The summed E-state index contributed by atoms with van der Waals surface area (Å²) in [7, 11) is 0. The van der Waals surface area contributed by atoms with Crippen LogP contribution in [0.2, 0.25) is 0 Å². The lowest BCUT2D eigenvalue weighted by Gasteiger charge is -2.29. The summed E-state index contributed by atoms with van der Waals surface area (Å²) in [5.74, 6) is -0.226. The summed E-state index contributed by atoms with van der Waals surface area (Å²) in [6.07, 6.45) is 3.27. The summed E-state index contributed by atoms with van der Waals surface area (Å²) in [5, 5.41) is 11.8. The van der Waals surface area contributed by atoms with E-state index in [1.807, 2.05) is 25.1 Å². The lowest BCUT2D eigenvalue weighted by molar-refractivity contribution is 0.0939. The molecule has 1 aromatic heterocycles. The van der Waals surface area contributed by atoms with Gasteiger partial charge in [0.15, 0.2) is 0 Å². The molecule has 1 aliphatic carbocycles. The maximum atomic E-state index is 12.5. The molecule has 1 N–H and O–H groups in total. The number of aryl methyl sites for hydroxylation is 1. The van der Waals surface area contributed by atoms with Crippen LogP contribution in [-0.4, -0.2) is 29.6 Å². The molecule has 1 fully saturated rings. The molecule has 2 heterocycles. The summed E-state index contributed by atoms with van der Waals surface area (Å²) in [6.45, 7) is 2.50. The van der Waals surface area contributed by atoms with Crippen LogP contribution in [-0.2, 0) is 11.2 Å². The second-order valence-corrected chi connectivity index (χ2v) is 7.42. The van der Waals surface area contributed by atoms with Gasteiger partial charge in [-0.05, 0) is 69.0 Å². The Morgan fingerprint density at radius 1 is 1.24 bits per heavy atom. The van der Waals surface area contributed by atoms with E-state index in [4.69, 9.17) is 15.0 Å². The van der Waals surface area contributed by atoms with E-state index in [0.29, 0.717) is 17.7 Å². The fourth-order valence-electron chi connectivity index (χ4n) is 3.34. The van der Waals surface area contributed by atoms with Gasteiger partial charge in [0.2, 0.25) is 0 Å². The van der Waals surface area contributed by atoms with Gasteiger partial charge in [-0.2, -0.15) is 5.26 Å². The van der Waals surface area contributed by atoms with Crippen LogP contribution in [0.15, 0.2) is 36.4 Å². The Bertz CT molecular complexity index is 977. The van der Waals surface area contributed by atoms with Crippen molar-refractivity contribution in [2.24, 2.45) is 0 Å². The van der Waals surface area contributed by atoms with E-state index in [-0.39, 0.29) is 24.1 Å². The molecule has 1 aromatic carbocycles. The average molecular weight is 390 g/mol. The second-order valence-electron chi connectivity index (χ2n) is 7.42. The molecule has 1 saturated carbocycles. The molecule has 4 rings (SSSR count). The Morgan fingerprint density at radius 3 is 2.69 bits per heavy atom. The third-order valence-electron chi connectivity index (χ3n) is 5.14. The summed E-state index contributed by atoms with van der Waals surface area (Å²) < 4.78 is 5.44. The van der Waals surface area contributed by atoms with Crippen molar-refractivity contribution in [1.82, 2.24) is 10.3 Å². The first-order chi connectivity index (χ1) is 14.0. The van der Waals surface area contributed by atoms with Gasteiger partial charge in [0, 0.05) is 12.1 Å². The first-order valence-corrected chi connectivity index (χ1v) is 9.84. The summed E-state index contributed by atoms with van der Waals surface area (Å²) >= 11 is 0. The molecular weight excluding hydrogens is 368 g/mol. The van der Waals surface area contributed by atoms with Gasteiger partial charge in [-0.3, -0.25) is 14.7 Å². The van der Waals surface area contributed by atoms with Crippen molar-refractivity contribution in [3.05, 3.63) is 58.9 Å². The van der Waals surface area contributed by atoms with Gasteiger partial charge < -0.3 is 10.1 Å². The SMILES string of the molecule is CC(NC(=O)c1ccc(C#N)cc1)c1ccc2c(n1)CCCN2C(=O)OC1CC1. The van der Waals surface area contributed by atoms with E-state index in [0.717, 1.165) is 42.8 Å².